The van der Waals surface area contributed by atoms with E-state index in [-0.39, 0.29) is 18.5 Å². The molecular formula is C22H30N4O. The van der Waals surface area contributed by atoms with E-state index in [1.165, 1.54) is 24.0 Å². The summed E-state index contributed by atoms with van der Waals surface area (Å²) in [6, 6.07) is 12.5. The number of hydrogen-bond donors (Lipinski definition) is 2. The molecule has 0 saturated carbocycles. The van der Waals surface area contributed by atoms with Gasteiger partial charge in [0.05, 0.1) is 18.3 Å². The number of carbonyl (C=O) groups is 1. The number of amides is 1. The molecule has 27 heavy (non-hydrogen) atoms. The lowest BCUT2D eigenvalue weighted by atomic mass is 9.94. The van der Waals surface area contributed by atoms with E-state index in [0.717, 1.165) is 24.7 Å². The molecule has 2 heterocycles. The lowest BCUT2D eigenvalue weighted by molar-refractivity contribution is -0.119. The van der Waals surface area contributed by atoms with Crippen LogP contribution in [0.15, 0.2) is 48.8 Å². The van der Waals surface area contributed by atoms with Gasteiger partial charge in [0.2, 0.25) is 5.91 Å². The minimum atomic E-state index is 0.00261. The molecule has 1 amide bonds. The van der Waals surface area contributed by atoms with Gasteiger partial charge in [-0.1, -0.05) is 31.2 Å². The van der Waals surface area contributed by atoms with Crippen LogP contribution in [0.1, 0.15) is 36.9 Å². The van der Waals surface area contributed by atoms with Crippen LogP contribution in [0.2, 0.25) is 0 Å². The van der Waals surface area contributed by atoms with Gasteiger partial charge in [0.25, 0.3) is 0 Å². The van der Waals surface area contributed by atoms with Crippen molar-refractivity contribution in [2.45, 2.75) is 32.7 Å². The van der Waals surface area contributed by atoms with E-state index < -0.39 is 0 Å². The molecule has 5 heteroatoms. The van der Waals surface area contributed by atoms with Crippen LogP contribution in [0.5, 0.6) is 0 Å². The van der Waals surface area contributed by atoms with Crippen molar-refractivity contribution in [2.24, 2.45) is 5.92 Å². The molecule has 3 rings (SSSR count). The van der Waals surface area contributed by atoms with Crippen LogP contribution < -0.4 is 10.6 Å². The number of aromatic nitrogens is 1. The Kier molecular flexibility index (Phi) is 6.82. The van der Waals surface area contributed by atoms with Crippen LogP contribution in [0.3, 0.4) is 0 Å². The molecule has 2 aromatic rings. The molecule has 2 N–H and O–H groups in total. The molecule has 0 spiro atoms. The number of rotatable bonds is 7. The summed E-state index contributed by atoms with van der Waals surface area (Å²) in [6.07, 6.45) is 5.88. The van der Waals surface area contributed by atoms with Crippen LogP contribution >= 0.6 is 0 Å². The van der Waals surface area contributed by atoms with E-state index in [2.05, 4.69) is 58.6 Å². The third-order valence-corrected chi connectivity index (χ3v) is 5.41. The normalized spacial score (nSPS) is 16.7. The summed E-state index contributed by atoms with van der Waals surface area (Å²) < 4.78 is 0. The first-order valence-corrected chi connectivity index (χ1v) is 9.83. The number of likely N-dealkylation sites (tertiary alicyclic amines) is 1. The largest absolute Gasteiger partial charge is 0.375 e. The van der Waals surface area contributed by atoms with E-state index in [1.807, 2.05) is 12.1 Å². The third kappa shape index (κ3) is 5.54. The van der Waals surface area contributed by atoms with E-state index >= 15 is 0 Å². The Balaban J connectivity index is 1.61. The third-order valence-electron chi connectivity index (χ3n) is 5.41. The van der Waals surface area contributed by atoms with Crippen molar-refractivity contribution in [3.8, 4) is 0 Å². The van der Waals surface area contributed by atoms with Gasteiger partial charge < -0.3 is 10.6 Å². The highest BCUT2D eigenvalue weighted by Crippen LogP contribution is 2.28. The summed E-state index contributed by atoms with van der Waals surface area (Å²) in [5.74, 6) is 0.792. The minimum absolute atomic E-state index is 0.00261. The van der Waals surface area contributed by atoms with Crippen LogP contribution in [-0.2, 0) is 4.79 Å². The number of hydrogen-bond acceptors (Lipinski definition) is 4. The zero-order valence-electron chi connectivity index (χ0n) is 16.3. The topological polar surface area (TPSA) is 57.3 Å². The number of nitrogens with one attached hydrogen (secondary N) is 2. The van der Waals surface area contributed by atoms with Crippen molar-refractivity contribution in [1.29, 1.82) is 0 Å². The minimum Gasteiger partial charge on any atom is -0.375 e. The van der Waals surface area contributed by atoms with Crippen LogP contribution in [0.25, 0.3) is 0 Å². The molecule has 1 aromatic heterocycles. The van der Waals surface area contributed by atoms with Crippen LogP contribution in [-0.4, -0.2) is 42.0 Å². The molecule has 0 bridgehead atoms. The molecule has 1 saturated heterocycles. The monoisotopic (exact) mass is 366 g/mol. The Hall–Kier alpha value is -2.40. The first kappa shape index (κ1) is 19.4. The summed E-state index contributed by atoms with van der Waals surface area (Å²) in [5.41, 5.74) is 3.45. The molecule has 1 aromatic carbocycles. The van der Waals surface area contributed by atoms with Crippen molar-refractivity contribution in [2.75, 3.05) is 31.5 Å². The maximum absolute atomic E-state index is 12.4. The SMILES string of the molecule is Cc1ccccc1C(CNC(=O)CNc1cccnc1)N1CCC(C)CC1. The van der Waals surface area contributed by atoms with Gasteiger partial charge in [-0.25, -0.2) is 0 Å². The van der Waals surface area contributed by atoms with E-state index in [1.54, 1.807) is 12.4 Å². The quantitative estimate of drug-likeness (QED) is 0.789. The van der Waals surface area contributed by atoms with Crippen molar-refractivity contribution in [1.82, 2.24) is 15.2 Å². The molecule has 1 aliphatic heterocycles. The molecule has 0 aliphatic carbocycles. The summed E-state index contributed by atoms with van der Waals surface area (Å²) in [5, 5.41) is 6.24. The number of aryl methyl sites for hydroxylation is 1. The fourth-order valence-corrected chi connectivity index (χ4v) is 3.66. The lowest BCUT2D eigenvalue weighted by Crippen LogP contribution is -2.43. The second-order valence-electron chi connectivity index (χ2n) is 7.49. The highest BCUT2D eigenvalue weighted by atomic mass is 16.1. The fraction of sp³-hybridized carbons (Fsp3) is 0.455. The molecule has 1 unspecified atom stereocenters. The van der Waals surface area contributed by atoms with E-state index in [9.17, 15) is 4.79 Å². The zero-order chi connectivity index (χ0) is 19.1. The van der Waals surface area contributed by atoms with Gasteiger partial charge in [0.1, 0.15) is 0 Å². The summed E-state index contributed by atoms with van der Waals surface area (Å²) in [7, 11) is 0. The number of nitrogens with zero attached hydrogens (tertiary/aromatic N) is 2. The average Bonchev–Trinajstić information content (AvgIpc) is 2.70. The summed E-state index contributed by atoms with van der Waals surface area (Å²) in [6.45, 7) is 7.54. The molecule has 144 valence electrons. The Morgan fingerprint density at radius 1 is 1.22 bits per heavy atom. The Morgan fingerprint density at radius 2 is 2.00 bits per heavy atom. The number of carbonyl (C=O) groups excluding carboxylic acids is 1. The number of pyridine rings is 1. The number of piperidine rings is 1. The highest BCUT2D eigenvalue weighted by Gasteiger charge is 2.25. The van der Waals surface area contributed by atoms with Gasteiger partial charge in [-0.15, -0.1) is 0 Å². The number of benzene rings is 1. The van der Waals surface area contributed by atoms with Crippen LogP contribution in [0.4, 0.5) is 5.69 Å². The van der Waals surface area contributed by atoms with Crippen molar-refractivity contribution >= 4 is 11.6 Å². The molecule has 1 atom stereocenters. The highest BCUT2D eigenvalue weighted by molar-refractivity contribution is 5.80. The van der Waals surface area contributed by atoms with Crippen molar-refractivity contribution in [3.63, 3.8) is 0 Å². The lowest BCUT2D eigenvalue weighted by Gasteiger charge is -2.37. The van der Waals surface area contributed by atoms with Crippen LogP contribution in [0, 0.1) is 12.8 Å². The smallest absolute Gasteiger partial charge is 0.239 e. The maximum atomic E-state index is 12.4. The first-order chi connectivity index (χ1) is 13.1. The maximum Gasteiger partial charge on any atom is 0.239 e. The molecule has 1 aliphatic rings. The Bertz CT molecular complexity index is 726. The number of anilines is 1. The molecular weight excluding hydrogens is 336 g/mol. The van der Waals surface area contributed by atoms with Gasteiger partial charge in [0, 0.05) is 18.9 Å². The molecule has 0 radical (unpaired) electrons. The zero-order valence-corrected chi connectivity index (χ0v) is 16.3. The van der Waals surface area contributed by atoms with E-state index in [0.29, 0.717) is 6.54 Å². The predicted molar refractivity (Wildman–Crippen MR) is 110 cm³/mol. The average molecular weight is 367 g/mol. The van der Waals surface area contributed by atoms with E-state index in [4.69, 9.17) is 0 Å². The van der Waals surface area contributed by atoms with Gasteiger partial charge >= 0.3 is 0 Å². The van der Waals surface area contributed by atoms with Gasteiger partial charge in [0.15, 0.2) is 0 Å². The Morgan fingerprint density at radius 3 is 2.70 bits per heavy atom. The first-order valence-electron chi connectivity index (χ1n) is 9.83. The standard InChI is InChI=1S/C22H30N4O/c1-17-9-12-26(13-10-17)21(20-8-4-3-6-18(20)2)15-25-22(27)16-24-19-7-5-11-23-14-19/h3-8,11,14,17,21,24H,9-10,12-13,15-16H2,1-2H3,(H,25,27). The second kappa shape index (κ2) is 9.51. The Labute approximate surface area is 162 Å². The van der Waals surface area contributed by atoms with Crippen molar-refractivity contribution in [3.05, 3.63) is 59.9 Å². The molecule has 5 nitrogen and oxygen atoms in total. The van der Waals surface area contributed by atoms with Gasteiger partial charge in [-0.05, 0) is 62.0 Å². The summed E-state index contributed by atoms with van der Waals surface area (Å²) >= 11 is 0. The van der Waals surface area contributed by atoms with Gasteiger partial charge in [-0.3, -0.25) is 14.7 Å². The molecule has 1 fully saturated rings. The fourth-order valence-electron chi connectivity index (χ4n) is 3.66. The predicted octanol–water partition coefficient (Wildman–Crippen LogP) is 3.39. The van der Waals surface area contributed by atoms with Gasteiger partial charge in [-0.2, -0.15) is 0 Å². The van der Waals surface area contributed by atoms with Crippen molar-refractivity contribution < 1.29 is 4.79 Å². The second-order valence-corrected chi connectivity index (χ2v) is 7.49. The summed E-state index contributed by atoms with van der Waals surface area (Å²) in [4.78, 5) is 18.9.